The zero-order chi connectivity index (χ0) is 20.9. The number of nitrogens with one attached hydrogen (secondary N) is 1. The summed E-state index contributed by atoms with van der Waals surface area (Å²) in [4.78, 5) is 12.8. The molecule has 30 heavy (non-hydrogen) atoms. The number of rotatable bonds is 6. The Morgan fingerprint density at radius 3 is 2.07 bits per heavy atom. The molecule has 1 unspecified atom stereocenters. The van der Waals surface area contributed by atoms with Crippen LogP contribution in [0.4, 0.5) is 0 Å². The number of carbonyl (C=O) groups excluding carboxylic acids is 1. The molecule has 3 aromatic carbocycles. The summed E-state index contributed by atoms with van der Waals surface area (Å²) in [6.07, 6.45) is 1.68. The second-order valence-corrected chi connectivity index (χ2v) is 7.43. The third kappa shape index (κ3) is 4.26. The van der Waals surface area contributed by atoms with E-state index >= 15 is 0 Å². The zero-order valence-corrected chi connectivity index (χ0v) is 17.2. The summed E-state index contributed by atoms with van der Waals surface area (Å²) in [5.74, 6) is -0.298. The highest BCUT2D eigenvalue weighted by atomic mass is 35.5. The minimum atomic E-state index is -0.298. The first-order valence-corrected chi connectivity index (χ1v) is 10.1. The molecule has 0 saturated carbocycles. The van der Waals surface area contributed by atoms with Gasteiger partial charge in [0.2, 0.25) is 0 Å². The Bertz CT molecular complexity index is 1090. The van der Waals surface area contributed by atoms with E-state index in [2.05, 4.69) is 15.6 Å². The van der Waals surface area contributed by atoms with E-state index in [1.165, 1.54) is 0 Å². The summed E-state index contributed by atoms with van der Waals surface area (Å²) >= 11 is 6.25. The van der Waals surface area contributed by atoms with E-state index in [1.807, 2.05) is 85.8 Å². The quantitative estimate of drug-likeness (QED) is 0.478. The molecule has 1 amide bonds. The minimum Gasteiger partial charge on any atom is -0.344 e. The highest BCUT2D eigenvalue weighted by molar-refractivity contribution is 6.31. The van der Waals surface area contributed by atoms with E-state index in [0.717, 1.165) is 16.7 Å². The fourth-order valence-electron chi connectivity index (χ4n) is 3.45. The summed E-state index contributed by atoms with van der Waals surface area (Å²) < 4.78 is 1.72. The monoisotopic (exact) mass is 416 g/mol. The van der Waals surface area contributed by atoms with Crippen molar-refractivity contribution < 1.29 is 4.79 Å². The van der Waals surface area contributed by atoms with Gasteiger partial charge in [0.05, 0.1) is 12.2 Å². The van der Waals surface area contributed by atoms with Gasteiger partial charge in [-0.1, -0.05) is 95.7 Å². The molecule has 0 spiro atoms. The van der Waals surface area contributed by atoms with Crippen molar-refractivity contribution in [1.82, 2.24) is 20.3 Å². The highest BCUT2D eigenvalue weighted by Crippen LogP contribution is 2.26. The lowest BCUT2D eigenvalue weighted by atomic mass is 9.99. The van der Waals surface area contributed by atoms with Crippen molar-refractivity contribution in [1.29, 1.82) is 0 Å². The number of amides is 1. The van der Waals surface area contributed by atoms with Crippen LogP contribution in [0.1, 0.15) is 46.2 Å². The van der Waals surface area contributed by atoms with Gasteiger partial charge in [-0.3, -0.25) is 4.79 Å². The van der Waals surface area contributed by atoms with Crippen molar-refractivity contribution >= 4 is 17.5 Å². The Hall–Kier alpha value is -3.44. The lowest BCUT2D eigenvalue weighted by Crippen LogP contribution is -2.27. The number of nitrogens with zero attached hydrogens (tertiary/aromatic N) is 3. The van der Waals surface area contributed by atoms with Gasteiger partial charge in [0.15, 0.2) is 5.69 Å². The molecule has 1 heterocycles. The summed E-state index contributed by atoms with van der Waals surface area (Å²) in [5.41, 5.74) is 3.23. The van der Waals surface area contributed by atoms with E-state index in [0.29, 0.717) is 5.02 Å². The van der Waals surface area contributed by atoms with E-state index in [-0.39, 0.29) is 23.7 Å². The molecule has 150 valence electrons. The number of benzene rings is 3. The van der Waals surface area contributed by atoms with Crippen molar-refractivity contribution in [2.24, 2.45) is 0 Å². The Morgan fingerprint density at radius 2 is 1.47 bits per heavy atom. The Kier molecular flexibility index (Phi) is 5.91. The van der Waals surface area contributed by atoms with Gasteiger partial charge in [-0.05, 0) is 29.7 Å². The Morgan fingerprint density at radius 1 is 0.900 bits per heavy atom. The van der Waals surface area contributed by atoms with Gasteiger partial charge < -0.3 is 5.32 Å². The lowest BCUT2D eigenvalue weighted by Gasteiger charge is -2.18. The third-order valence-electron chi connectivity index (χ3n) is 4.96. The van der Waals surface area contributed by atoms with Gasteiger partial charge in [-0.15, -0.1) is 5.10 Å². The van der Waals surface area contributed by atoms with Gasteiger partial charge in [0.25, 0.3) is 5.91 Å². The first kappa shape index (κ1) is 19.9. The van der Waals surface area contributed by atoms with Gasteiger partial charge in [-0.25, -0.2) is 4.68 Å². The second-order valence-electron chi connectivity index (χ2n) is 7.02. The van der Waals surface area contributed by atoms with Crippen LogP contribution in [-0.4, -0.2) is 20.9 Å². The maximum absolute atomic E-state index is 12.8. The summed E-state index contributed by atoms with van der Waals surface area (Å²) in [6.45, 7) is 1.89. The molecule has 0 fully saturated rings. The fourth-order valence-corrected chi connectivity index (χ4v) is 3.75. The van der Waals surface area contributed by atoms with Gasteiger partial charge >= 0.3 is 0 Å². The molecule has 5 nitrogen and oxygen atoms in total. The van der Waals surface area contributed by atoms with Crippen LogP contribution in [0.3, 0.4) is 0 Å². The molecular weight excluding hydrogens is 396 g/mol. The molecule has 1 aromatic heterocycles. The number of hydrogen-bond acceptors (Lipinski definition) is 3. The molecule has 4 aromatic rings. The van der Waals surface area contributed by atoms with Crippen molar-refractivity contribution in [2.45, 2.75) is 19.0 Å². The highest BCUT2D eigenvalue weighted by Gasteiger charge is 2.21. The molecule has 1 N–H and O–H groups in total. The number of aromatic nitrogens is 3. The van der Waals surface area contributed by atoms with Gasteiger partial charge in [-0.2, -0.15) is 0 Å². The maximum Gasteiger partial charge on any atom is 0.273 e. The van der Waals surface area contributed by atoms with Gasteiger partial charge in [0, 0.05) is 5.02 Å². The molecule has 0 aliphatic heterocycles. The normalized spacial score (nSPS) is 12.0. The minimum absolute atomic E-state index is 0.178. The van der Waals surface area contributed by atoms with E-state index in [4.69, 9.17) is 11.6 Å². The van der Waals surface area contributed by atoms with Crippen molar-refractivity contribution in [3.05, 3.63) is 119 Å². The fraction of sp³-hybridized carbons (Fsp3) is 0.125. The van der Waals surface area contributed by atoms with Crippen LogP contribution in [0, 0.1) is 0 Å². The Labute approximate surface area is 180 Å². The number of carbonyl (C=O) groups is 1. The molecule has 1 atom stereocenters. The molecular formula is C24H21ClN4O. The van der Waals surface area contributed by atoms with Crippen LogP contribution in [-0.2, 0) is 0 Å². The standard InChI is InChI=1S/C24H21ClN4O/c1-17(20-14-8-9-15-21(20)25)26-24(30)22-16-29(28-27-22)23(18-10-4-2-5-11-18)19-12-6-3-7-13-19/h2-17,23H,1H3,(H,26,30). The summed E-state index contributed by atoms with van der Waals surface area (Å²) in [6, 6.07) is 27.1. The topological polar surface area (TPSA) is 59.8 Å². The maximum atomic E-state index is 12.8. The van der Waals surface area contributed by atoms with Crippen molar-refractivity contribution in [3.8, 4) is 0 Å². The van der Waals surface area contributed by atoms with Gasteiger partial charge in [0.1, 0.15) is 6.04 Å². The molecule has 0 saturated heterocycles. The van der Waals surface area contributed by atoms with Crippen LogP contribution < -0.4 is 5.32 Å². The van der Waals surface area contributed by atoms with E-state index < -0.39 is 0 Å². The third-order valence-corrected chi connectivity index (χ3v) is 5.30. The lowest BCUT2D eigenvalue weighted by molar-refractivity contribution is 0.0934. The molecule has 6 heteroatoms. The SMILES string of the molecule is CC(NC(=O)c1cn(C(c2ccccc2)c2ccccc2)nn1)c1ccccc1Cl. The Balaban J connectivity index is 1.60. The predicted molar refractivity (Wildman–Crippen MR) is 117 cm³/mol. The van der Waals surface area contributed by atoms with Crippen LogP contribution in [0.15, 0.2) is 91.1 Å². The van der Waals surface area contributed by atoms with Crippen LogP contribution in [0.25, 0.3) is 0 Å². The van der Waals surface area contributed by atoms with Crippen LogP contribution in [0.2, 0.25) is 5.02 Å². The zero-order valence-electron chi connectivity index (χ0n) is 16.4. The number of hydrogen-bond donors (Lipinski definition) is 1. The summed E-state index contributed by atoms with van der Waals surface area (Å²) in [7, 11) is 0. The largest absolute Gasteiger partial charge is 0.344 e. The molecule has 0 bridgehead atoms. The molecule has 0 aliphatic carbocycles. The average molecular weight is 417 g/mol. The van der Waals surface area contributed by atoms with Crippen molar-refractivity contribution in [2.75, 3.05) is 0 Å². The second kappa shape index (κ2) is 8.93. The predicted octanol–water partition coefficient (Wildman–Crippen LogP) is 5.06. The first-order valence-electron chi connectivity index (χ1n) is 9.70. The first-order chi connectivity index (χ1) is 14.6. The van der Waals surface area contributed by atoms with Crippen LogP contribution >= 0.6 is 11.6 Å². The van der Waals surface area contributed by atoms with E-state index in [1.54, 1.807) is 16.9 Å². The van der Waals surface area contributed by atoms with Crippen molar-refractivity contribution in [3.63, 3.8) is 0 Å². The molecule has 0 aliphatic rings. The molecule has 4 rings (SSSR count). The van der Waals surface area contributed by atoms with E-state index in [9.17, 15) is 4.79 Å². The van der Waals surface area contributed by atoms with Crippen LogP contribution in [0.5, 0.6) is 0 Å². The average Bonchev–Trinajstić information content (AvgIpc) is 3.25. The smallest absolute Gasteiger partial charge is 0.273 e. The number of halogens is 1. The molecule has 0 radical (unpaired) electrons. The summed E-state index contributed by atoms with van der Waals surface area (Å²) in [5, 5.41) is 12.0.